The topological polar surface area (TPSA) is 64.7 Å². The predicted octanol–water partition coefficient (Wildman–Crippen LogP) is 1.97. The van der Waals surface area contributed by atoms with E-state index in [1.165, 1.54) is 5.56 Å². The monoisotopic (exact) mass is 408 g/mol. The summed E-state index contributed by atoms with van der Waals surface area (Å²) in [7, 11) is 0. The summed E-state index contributed by atoms with van der Waals surface area (Å²) in [6.45, 7) is 10.5. The molecule has 3 rings (SSSR count). The Morgan fingerprint density at radius 1 is 0.867 bits per heavy atom. The van der Waals surface area contributed by atoms with Crippen LogP contribution in [-0.4, -0.2) is 67.4 Å². The number of aryl methyl sites for hydroxylation is 2. The fourth-order valence-electron chi connectivity index (χ4n) is 3.57. The third kappa shape index (κ3) is 6.68. The lowest BCUT2D eigenvalue weighted by molar-refractivity contribution is -0.120. The lowest BCUT2D eigenvalue weighted by Gasteiger charge is -2.34. The maximum absolute atomic E-state index is 12.2. The third-order valence-corrected chi connectivity index (χ3v) is 5.64. The lowest BCUT2D eigenvalue weighted by Crippen LogP contribution is -2.48. The average Bonchev–Trinajstić information content (AvgIpc) is 2.76. The smallest absolute Gasteiger partial charge is 0.251 e. The molecule has 0 atom stereocenters. The highest BCUT2D eigenvalue weighted by atomic mass is 16.2. The molecule has 1 aliphatic heterocycles. The van der Waals surface area contributed by atoms with Crippen molar-refractivity contribution in [2.75, 3.05) is 45.8 Å². The van der Waals surface area contributed by atoms with Crippen LogP contribution in [0.15, 0.2) is 48.5 Å². The summed E-state index contributed by atoms with van der Waals surface area (Å²) in [4.78, 5) is 29.1. The molecule has 2 aromatic rings. The first-order valence-electron chi connectivity index (χ1n) is 10.6. The van der Waals surface area contributed by atoms with Crippen molar-refractivity contribution in [1.82, 2.24) is 20.4 Å². The van der Waals surface area contributed by atoms with Crippen LogP contribution < -0.4 is 10.6 Å². The number of nitrogens with zero attached hydrogens (tertiary/aromatic N) is 2. The van der Waals surface area contributed by atoms with Crippen LogP contribution in [0.25, 0.3) is 0 Å². The minimum atomic E-state index is -0.220. The summed E-state index contributed by atoms with van der Waals surface area (Å²) >= 11 is 0. The maximum Gasteiger partial charge on any atom is 0.251 e. The van der Waals surface area contributed by atoms with E-state index in [4.69, 9.17) is 0 Å². The molecule has 1 fully saturated rings. The summed E-state index contributed by atoms with van der Waals surface area (Å²) in [6, 6.07) is 16.1. The Kier molecular flexibility index (Phi) is 7.99. The van der Waals surface area contributed by atoms with Crippen molar-refractivity contribution in [3.8, 4) is 0 Å². The number of hydrogen-bond donors (Lipinski definition) is 2. The van der Waals surface area contributed by atoms with Crippen LogP contribution in [0.2, 0.25) is 0 Å². The second-order valence-corrected chi connectivity index (χ2v) is 7.94. The molecule has 6 heteroatoms. The Bertz CT molecular complexity index is 846. The van der Waals surface area contributed by atoms with Crippen molar-refractivity contribution in [3.63, 3.8) is 0 Å². The van der Waals surface area contributed by atoms with Gasteiger partial charge in [0.1, 0.15) is 0 Å². The van der Waals surface area contributed by atoms with Gasteiger partial charge >= 0.3 is 0 Å². The second kappa shape index (κ2) is 10.9. The standard InChI is InChI=1S/C24H32N4O2/c1-19-8-9-22(16-20(19)2)24(30)26-17-23(29)25-10-11-27-12-14-28(15-13-27)18-21-6-4-3-5-7-21/h3-9,16H,10-15,17-18H2,1-2H3,(H,25,29)(H,26,30). The number of rotatable bonds is 8. The molecule has 1 aliphatic rings. The molecule has 1 heterocycles. The Labute approximate surface area is 179 Å². The van der Waals surface area contributed by atoms with Gasteiger partial charge in [0, 0.05) is 51.4 Å². The second-order valence-electron chi connectivity index (χ2n) is 7.94. The SMILES string of the molecule is Cc1ccc(C(=O)NCC(=O)NCCN2CCN(Cc3ccccc3)CC2)cc1C. The van der Waals surface area contributed by atoms with Gasteiger partial charge in [0.25, 0.3) is 5.91 Å². The number of benzene rings is 2. The molecule has 0 spiro atoms. The van der Waals surface area contributed by atoms with Gasteiger partial charge in [-0.3, -0.25) is 19.4 Å². The molecule has 0 saturated carbocycles. The predicted molar refractivity (Wildman–Crippen MR) is 119 cm³/mol. The molecule has 6 nitrogen and oxygen atoms in total. The van der Waals surface area contributed by atoms with Crippen LogP contribution >= 0.6 is 0 Å². The number of piperazine rings is 1. The van der Waals surface area contributed by atoms with Crippen LogP contribution in [0.1, 0.15) is 27.0 Å². The lowest BCUT2D eigenvalue weighted by atomic mass is 10.1. The Hall–Kier alpha value is -2.70. The van der Waals surface area contributed by atoms with Gasteiger partial charge in [-0.15, -0.1) is 0 Å². The molecule has 0 aromatic heterocycles. The van der Waals surface area contributed by atoms with Crippen LogP contribution in [0.4, 0.5) is 0 Å². The van der Waals surface area contributed by atoms with Gasteiger partial charge in [0.05, 0.1) is 6.54 Å². The molecule has 2 N–H and O–H groups in total. The van der Waals surface area contributed by atoms with E-state index in [0.717, 1.165) is 50.4 Å². The Morgan fingerprint density at radius 3 is 2.27 bits per heavy atom. The van der Waals surface area contributed by atoms with E-state index >= 15 is 0 Å². The van der Waals surface area contributed by atoms with E-state index in [1.807, 2.05) is 32.0 Å². The first kappa shape index (κ1) is 22.0. The molecule has 2 aromatic carbocycles. The van der Waals surface area contributed by atoms with Crippen LogP contribution in [-0.2, 0) is 11.3 Å². The van der Waals surface area contributed by atoms with Gasteiger partial charge in [0.15, 0.2) is 0 Å². The van der Waals surface area contributed by atoms with Gasteiger partial charge in [-0.2, -0.15) is 0 Å². The highest BCUT2D eigenvalue weighted by Gasteiger charge is 2.17. The fraction of sp³-hybridized carbons (Fsp3) is 0.417. The zero-order valence-electron chi connectivity index (χ0n) is 18.0. The van der Waals surface area contributed by atoms with Crippen molar-refractivity contribution in [2.24, 2.45) is 0 Å². The normalized spacial score (nSPS) is 15.0. The molecule has 2 amide bonds. The number of amides is 2. The quantitative estimate of drug-likeness (QED) is 0.701. The number of carbonyl (C=O) groups excluding carboxylic acids is 2. The number of hydrogen-bond acceptors (Lipinski definition) is 4. The van der Waals surface area contributed by atoms with Crippen LogP contribution in [0.5, 0.6) is 0 Å². The summed E-state index contributed by atoms with van der Waals surface area (Å²) in [5.41, 5.74) is 4.14. The zero-order chi connectivity index (χ0) is 21.3. The van der Waals surface area contributed by atoms with Crippen molar-refractivity contribution in [2.45, 2.75) is 20.4 Å². The summed E-state index contributed by atoms with van der Waals surface area (Å²) < 4.78 is 0. The molecule has 30 heavy (non-hydrogen) atoms. The van der Waals surface area contributed by atoms with E-state index in [1.54, 1.807) is 6.07 Å². The first-order valence-corrected chi connectivity index (χ1v) is 10.6. The molecule has 0 aliphatic carbocycles. The van der Waals surface area contributed by atoms with E-state index in [9.17, 15) is 9.59 Å². The van der Waals surface area contributed by atoms with Crippen molar-refractivity contribution < 1.29 is 9.59 Å². The fourth-order valence-corrected chi connectivity index (χ4v) is 3.57. The molecule has 0 unspecified atom stereocenters. The molecule has 0 radical (unpaired) electrons. The van der Waals surface area contributed by atoms with Gasteiger partial charge in [-0.05, 0) is 42.7 Å². The molecule has 0 bridgehead atoms. The van der Waals surface area contributed by atoms with Crippen LogP contribution in [0, 0.1) is 13.8 Å². The van der Waals surface area contributed by atoms with Crippen LogP contribution in [0.3, 0.4) is 0 Å². The Balaban J connectivity index is 1.29. The van der Waals surface area contributed by atoms with Crippen molar-refractivity contribution >= 4 is 11.8 Å². The zero-order valence-corrected chi connectivity index (χ0v) is 18.0. The number of carbonyl (C=O) groups is 2. The van der Waals surface area contributed by atoms with Crippen molar-refractivity contribution in [3.05, 3.63) is 70.8 Å². The van der Waals surface area contributed by atoms with Crippen molar-refractivity contribution in [1.29, 1.82) is 0 Å². The van der Waals surface area contributed by atoms with Gasteiger partial charge < -0.3 is 10.6 Å². The Morgan fingerprint density at radius 2 is 1.57 bits per heavy atom. The maximum atomic E-state index is 12.2. The molecule has 160 valence electrons. The van der Waals surface area contributed by atoms with E-state index in [0.29, 0.717) is 12.1 Å². The van der Waals surface area contributed by atoms with Gasteiger partial charge in [-0.25, -0.2) is 0 Å². The highest BCUT2D eigenvalue weighted by molar-refractivity contribution is 5.96. The summed E-state index contributed by atoms with van der Waals surface area (Å²) in [5, 5.41) is 5.59. The largest absolute Gasteiger partial charge is 0.353 e. The first-order chi connectivity index (χ1) is 14.5. The van der Waals surface area contributed by atoms with E-state index in [2.05, 4.69) is 44.7 Å². The molecular formula is C24H32N4O2. The van der Waals surface area contributed by atoms with Gasteiger partial charge in [-0.1, -0.05) is 36.4 Å². The summed E-state index contributed by atoms with van der Waals surface area (Å²) in [6.07, 6.45) is 0. The number of nitrogens with one attached hydrogen (secondary N) is 2. The minimum Gasteiger partial charge on any atom is -0.353 e. The third-order valence-electron chi connectivity index (χ3n) is 5.64. The molecule has 1 saturated heterocycles. The van der Waals surface area contributed by atoms with E-state index < -0.39 is 0 Å². The molecular weight excluding hydrogens is 376 g/mol. The highest BCUT2D eigenvalue weighted by Crippen LogP contribution is 2.10. The average molecular weight is 409 g/mol. The van der Waals surface area contributed by atoms with E-state index in [-0.39, 0.29) is 18.4 Å². The minimum absolute atomic E-state index is 0.00336. The summed E-state index contributed by atoms with van der Waals surface area (Å²) in [5.74, 6) is -0.377. The van der Waals surface area contributed by atoms with Gasteiger partial charge in [0.2, 0.25) is 5.91 Å².